The third-order valence-electron chi connectivity index (χ3n) is 7.41. The summed E-state index contributed by atoms with van der Waals surface area (Å²) in [5.41, 5.74) is -2.39. The van der Waals surface area contributed by atoms with Crippen molar-refractivity contribution in [3.63, 3.8) is 0 Å². The van der Waals surface area contributed by atoms with Crippen LogP contribution < -0.4 is 25.3 Å². The number of aromatic nitrogens is 1. The van der Waals surface area contributed by atoms with Gasteiger partial charge in [-0.15, -0.1) is 0 Å². The van der Waals surface area contributed by atoms with Crippen LogP contribution >= 0.6 is 0 Å². The molecule has 1 aliphatic carbocycles. The van der Waals surface area contributed by atoms with Gasteiger partial charge in [-0.3, -0.25) is 9.59 Å². The highest BCUT2D eigenvalue weighted by atomic mass is 19.4. The van der Waals surface area contributed by atoms with E-state index in [0.717, 1.165) is 25.0 Å². The highest BCUT2D eigenvalue weighted by molar-refractivity contribution is 5.95. The maximum absolute atomic E-state index is 14.6. The molecule has 1 aromatic heterocycles. The number of halogens is 5. The second-order valence-electron chi connectivity index (χ2n) is 10.3. The standard InChI is InChI=1S/C29H26F5N3O6/c1-41-21-10-16(4-9-20(21)43-18-7-8-18)25(38)36-13-28(40,29(32,33)34)22-11-19-24(42-14-27(19,12-30)26(35)39)23(37-22)15-2-5-17(31)6-3-15/h2-6,9-11,18,40H,7-8,12-14H2,1H3,(H2,35,39)(H,36,38)/t27-,28?/m1/s1. The van der Waals surface area contributed by atoms with E-state index in [9.17, 15) is 36.6 Å². The molecular weight excluding hydrogens is 581 g/mol. The number of primary amides is 1. The molecule has 0 spiro atoms. The molecule has 5 rings (SSSR count). The number of nitrogens with two attached hydrogens (primary N) is 1. The summed E-state index contributed by atoms with van der Waals surface area (Å²) < 4.78 is 88.1. The second kappa shape index (κ2) is 11.0. The van der Waals surface area contributed by atoms with Gasteiger partial charge in [0.2, 0.25) is 11.5 Å². The zero-order valence-corrected chi connectivity index (χ0v) is 22.6. The van der Waals surface area contributed by atoms with E-state index in [4.69, 9.17) is 19.9 Å². The second-order valence-corrected chi connectivity index (χ2v) is 10.3. The van der Waals surface area contributed by atoms with Crippen LogP contribution in [0.3, 0.4) is 0 Å². The first-order valence-corrected chi connectivity index (χ1v) is 13.1. The van der Waals surface area contributed by atoms with Crippen molar-refractivity contribution >= 4 is 11.8 Å². The van der Waals surface area contributed by atoms with Crippen LogP contribution in [0.15, 0.2) is 48.5 Å². The molecule has 0 saturated heterocycles. The summed E-state index contributed by atoms with van der Waals surface area (Å²) in [5, 5.41) is 13.2. The van der Waals surface area contributed by atoms with Crippen LogP contribution in [0.1, 0.15) is 34.5 Å². The quantitative estimate of drug-likeness (QED) is 0.300. The number of carbonyl (C=O) groups is 2. The Labute approximate surface area is 241 Å². The molecule has 1 fully saturated rings. The molecule has 2 amide bonds. The average Bonchev–Trinajstić information content (AvgIpc) is 3.71. The minimum Gasteiger partial charge on any atom is -0.493 e. The number of nitrogens with zero attached hydrogens (tertiary/aromatic N) is 1. The van der Waals surface area contributed by atoms with Gasteiger partial charge in [0.1, 0.15) is 36.0 Å². The minimum atomic E-state index is -5.44. The van der Waals surface area contributed by atoms with Crippen LogP contribution in [0.5, 0.6) is 17.2 Å². The number of nitrogens with one attached hydrogen (secondary N) is 1. The highest BCUT2D eigenvalue weighted by Crippen LogP contribution is 2.48. The van der Waals surface area contributed by atoms with Crippen molar-refractivity contribution in [1.29, 1.82) is 0 Å². The fourth-order valence-corrected chi connectivity index (χ4v) is 4.62. The summed E-state index contributed by atoms with van der Waals surface area (Å²) >= 11 is 0. The molecule has 2 atom stereocenters. The van der Waals surface area contributed by atoms with Crippen LogP contribution in [0.4, 0.5) is 22.0 Å². The van der Waals surface area contributed by atoms with Gasteiger partial charge in [-0.2, -0.15) is 13.2 Å². The first kappa shape index (κ1) is 30.0. The molecule has 2 aromatic carbocycles. The fourth-order valence-electron chi connectivity index (χ4n) is 4.62. The highest BCUT2D eigenvalue weighted by Gasteiger charge is 2.58. The van der Waals surface area contributed by atoms with Gasteiger partial charge in [0, 0.05) is 16.7 Å². The monoisotopic (exact) mass is 607 g/mol. The minimum absolute atomic E-state index is 0.0195. The SMILES string of the molecule is COc1cc(C(=O)NCC(O)(c2cc3c(c(-c4ccc(F)cc4)n2)OC[C@@]3(CF)C(N)=O)C(F)(F)F)ccc1OC1CC1. The summed E-state index contributed by atoms with van der Waals surface area (Å²) in [4.78, 5) is 29.3. The molecule has 3 aromatic rings. The van der Waals surface area contributed by atoms with Crippen molar-refractivity contribution in [1.82, 2.24) is 10.3 Å². The van der Waals surface area contributed by atoms with E-state index in [0.29, 0.717) is 11.8 Å². The Hall–Kier alpha value is -4.46. The Bertz CT molecular complexity index is 1560. The van der Waals surface area contributed by atoms with E-state index in [2.05, 4.69) is 10.3 Å². The topological polar surface area (TPSA) is 133 Å². The number of methoxy groups -OCH3 is 1. The maximum atomic E-state index is 14.6. The Kier molecular flexibility index (Phi) is 7.67. The fraction of sp³-hybridized carbons (Fsp3) is 0.345. The van der Waals surface area contributed by atoms with Crippen LogP contribution in [-0.2, 0) is 15.8 Å². The Balaban J connectivity index is 1.55. The van der Waals surface area contributed by atoms with Gasteiger partial charge >= 0.3 is 6.18 Å². The first-order valence-electron chi connectivity index (χ1n) is 13.1. The summed E-state index contributed by atoms with van der Waals surface area (Å²) in [5.74, 6) is -2.58. The molecule has 4 N–H and O–H groups in total. The van der Waals surface area contributed by atoms with Crippen molar-refractivity contribution < 1.29 is 50.9 Å². The normalized spacial score (nSPS) is 19.1. The molecular formula is C29H26F5N3O6. The van der Waals surface area contributed by atoms with Gasteiger partial charge in [-0.1, -0.05) is 0 Å². The zero-order valence-electron chi connectivity index (χ0n) is 22.6. The van der Waals surface area contributed by atoms with Crippen molar-refractivity contribution in [3.05, 3.63) is 71.2 Å². The Morgan fingerprint density at radius 1 is 1.14 bits per heavy atom. The van der Waals surface area contributed by atoms with E-state index in [1.165, 1.54) is 37.4 Å². The lowest BCUT2D eigenvalue weighted by atomic mass is 9.81. The van der Waals surface area contributed by atoms with Crippen molar-refractivity contribution in [3.8, 4) is 28.5 Å². The zero-order chi connectivity index (χ0) is 31.2. The van der Waals surface area contributed by atoms with Crippen molar-refractivity contribution in [2.75, 3.05) is 26.9 Å². The van der Waals surface area contributed by atoms with Gasteiger partial charge in [0.05, 0.1) is 25.5 Å². The molecule has 1 aliphatic heterocycles. The predicted octanol–water partition coefficient (Wildman–Crippen LogP) is 3.70. The number of pyridine rings is 1. The van der Waals surface area contributed by atoms with E-state index in [-0.39, 0.29) is 40.0 Å². The first-order chi connectivity index (χ1) is 20.3. The number of carbonyl (C=O) groups excluding carboxylic acids is 2. The number of benzene rings is 2. The van der Waals surface area contributed by atoms with Gasteiger partial charge < -0.3 is 30.4 Å². The molecule has 2 heterocycles. The number of alkyl halides is 4. The van der Waals surface area contributed by atoms with E-state index in [1.807, 2.05) is 0 Å². The largest absolute Gasteiger partial charge is 0.493 e. The number of ether oxygens (including phenoxy) is 3. The lowest BCUT2D eigenvalue weighted by Crippen LogP contribution is -2.52. The van der Waals surface area contributed by atoms with Gasteiger partial charge in [0.25, 0.3) is 5.91 Å². The summed E-state index contributed by atoms with van der Waals surface area (Å²) in [6.45, 7) is -3.49. The molecule has 0 bridgehead atoms. The van der Waals surface area contributed by atoms with Crippen molar-refractivity contribution in [2.24, 2.45) is 5.73 Å². The van der Waals surface area contributed by atoms with Crippen molar-refractivity contribution in [2.45, 2.75) is 36.1 Å². The molecule has 0 radical (unpaired) electrons. The van der Waals surface area contributed by atoms with E-state index >= 15 is 0 Å². The molecule has 9 nitrogen and oxygen atoms in total. The number of fused-ring (bicyclic) bond motifs is 1. The molecule has 2 aliphatic rings. The van der Waals surface area contributed by atoms with E-state index < -0.39 is 60.3 Å². The predicted molar refractivity (Wildman–Crippen MR) is 141 cm³/mol. The molecule has 1 saturated carbocycles. The molecule has 228 valence electrons. The number of rotatable bonds is 10. The van der Waals surface area contributed by atoms with Crippen LogP contribution in [0, 0.1) is 5.82 Å². The smallest absolute Gasteiger partial charge is 0.424 e. The summed E-state index contributed by atoms with van der Waals surface area (Å²) in [6, 6.07) is 9.11. The van der Waals surface area contributed by atoms with Gasteiger partial charge in [-0.05, 0) is 61.4 Å². The molecule has 14 heteroatoms. The van der Waals surface area contributed by atoms with Crippen LogP contribution in [0.2, 0.25) is 0 Å². The number of hydrogen-bond donors (Lipinski definition) is 3. The third kappa shape index (κ3) is 5.42. The number of amides is 2. The molecule has 1 unspecified atom stereocenters. The maximum Gasteiger partial charge on any atom is 0.424 e. The lowest BCUT2D eigenvalue weighted by Gasteiger charge is -2.31. The van der Waals surface area contributed by atoms with Crippen LogP contribution in [-0.4, -0.2) is 61.1 Å². The Morgan fingerprint density at radius 2 is 1.84 bits per heavy atom. The van der Waals surface area contributed by atoms with Gasteiger partial charge in [0.15, 0.2) is 11.5 Å². The average molecular weight is 608 g/mol. The van der Waals surface area contributed by atoms with E-state index in [1.54, 1.807) is 0 Å². The van der Waals surface area contributed by atoms with Gasteiger partial charge in [-0.25, -0.2) is 13.8 Å². The summed E-state index contributed by atoms with van der Waals surface area (Å²) in [7, 11) is 1.34. The number of hydrogen-bond acceptors (Lipinski definition) is 7. The summed E-state index contributed by atoms with van der Waals surface area (Å²) in [6.07, 6.45) is -3.70. The Morgan fingerprint density at radius 3 is 2.42 bits per heavy atom. The lowest BCUT2D eigenvalue weighted by molar-refractivity contribution is -0.265. The molecule has 43 heavy (non-hydrogen) atoms. The van der Waals surface area contributed by atoms with Crippen LogP contribution in [0.25, 0.3) is 11.3 Å². The third-order valence-corrected chi connectivity index (χ3v) is 7.41. The number of aliphatic hydroxyl groups is 1.